The number of benzene rings is 2. The van der Waals surface area contributed by atoms with Gasteiger partial charge in [0.25, 0.3) is 5.91 Å². The van der Waals surface area contributed by atoms with Gasteiger partial charge in [-0.2, -0.15) is 0 Å². The standard InChI is InChI=1S/C31H35N3O5/c1-38-25-10-4-7-23-20-26(39-29(23)25)30(37)32-17-13-31(14-18-32)15-19-33(21-31)27(35)11-12-28(36)34-16-5-8-22-6-2-3-9-24(22)34/h2-4,6-7,9-10,20H,5,8,11-19,21H2,1H3. The zero-order chi connectivity index (χ0) is 27.0. The van der Waals surface area contributed by atoms with Crippen molar-refractivity contribution in [3.63, 3.8) is 0 Å². The molecule has 3 amide bonds. The number of aryl methyl sites for hydroxylation is 1. The number of fused-ring (bicyclic) bond motifs is 2. The number of carbonyl (C=O) groups excluding carboxylic acids is 3. The Bertz CT molecular complexity index is 1400. The lowest BCUT2D eigenvalue weighted by Crippen LogP contribution is -2.44. The third-order valence-corrected chi connectivity index (χ3v) is 8.81. The molecule has 0 bridgehead atoms. The number of furan rings is 1. The van der Waals surface area contributed by atoms with Crippen molar-refractivity contribution in [3.05, 3.63) is 59.9 Å². The minimum Gasteiger partial charge on any atom is -0.493 e. The van der Waals surface area contributed by atoms with Crippen LogP contribution in [-0.2, 0) is 16.0 Å². The van der Waals surface area contributed by atoms with E-state index >= 15 is 0 Å². The first-order valence-corrected chi connectivity index (χ1v) is 14.0. The molecule has 1 spiro atoms. The van der Waals surface area contributed by atoms with Crippen molar-refractivity contribution in [2.45, 2.75) is 44.9 Å². The molecule has 3 aliphatic heterocycles. The second-order valence-corrected chi connectivity index (χ2v) is 11.1. The van der Waals surface area contributed by atoms with Crippen molar-refractivity contribution in [2.24, 2.45) is 5.41 Å². The van der Waals surface area contributed by atoms with E-state index in [1.165, 1.54) is 5.56 Å². The van der Waals surface area contributed by atoms with Gasteiger partial charge in [-0.05, 0) is 61.3 Å². The monoisotopic (exact) mass is 529 g/mol. The first-order chi connectivity index (χ1) is 19.0. The van der Waals surface area contributed by atoms with E-state index in [2.05, 4.69) is 6.07 Å². The van der Waals surface area contributed by atoms with Crippen LogP contribution in [0.15, 0.2) is 52.9 Å². The van der Waals surface area contributed by atoms with Crippen LogP contribution in [0.1, 0.15) is 54.6 Å². The third-order valence-electron chi connectivity index (χ3n) is 8.81. The molecule has 2 saturated heterocycles. The Balaban J connectivity index is 1.02. The zero-order valence-electron chi connectivity index (χ0n) is 22.5. The van der Waals surface area contributed by atoms with Crippen LogP contribution in [0.25, 0.3) is 11.0 Å². The second kappa shape index (κ2) is 10.4. The summed E-state index contributed by atoms with van der Waals surface area (Å²) in [5.41, 5.74) is 2.82. The summed E-state index contributed by atoms with van der Waals surface area (Å²) in [5.74, 6) is 0.920. The van der Waals surface area contributed by atoms with Gasteiger partial charge < -0.3 is 23.9 Å². The maximum absolute atomic E-state index is 13.2. The number of hydrogen-bond donors (Lipinski definition) is 0. The van der Waals surface area contributed by atoms with Gasteiger partial charge in [0.05, 0.1) is 7.11 Å². The number of hydrogen-bond acceptors (Lipinski definition) is 5. The van der Waals surface area contributed by atoms with Crippen molar-refractivity contribution in [2.75, 3.05) is 44.7 Å². The third kappa shape index (κ3) is 4.88. The van der Waals surface area contributed by atoms with E-state index in [9.17, 15) is 14.4 Å². The van der Waals surface area contributed by atoms with Crippen LogP contribution in [0.3, 0.4) is 0 Å². The van der Waals surface area contributed by atoms with E-state index in [-0.39, 0.29) is 36.0 Å². The van der Waals surface area contributed by atoms with Gasteiger partial charge in [0.1, 0.15) is 0 Å². The smallest absolute Gasteiger partial charge is 0.289 e. The van der Waals surface area contributed by atoms with E-state index in [0.29, 0.717) is 43.3 Å². The molecule has 0 saturated carbocycles. The molecule has 1 aromatic heterocycles. The fourth-order valence-corrected chi connectivity index (χ4v) is 6.50. The normalized spacial score (nSPS) is 18.4. The van der Waals surface area contributed by atoms with Gasteiger partial charge >= 0.3 is 0 Å². The highest BCUT2D eigenvalue weighted by Gasteiger charge is 2.43. The Kier molecular flexibility index (Phi) is 6.79. The van der Waals surface area contributed by atoms with Crippen molar-refractivity contribution >= 4 is 34.4 Å². The molecule has 2 aromatic carbocycles. The number of methoxy groups -OCH3 is 1. The van der Waals surface area contributed by atoms with E-state index < -0.39 is 0 Å². The maximum atomic E-state index is 13.2. The van der Waals surface area contributed by atoms with E-state index in [1.807, 2.05) is 51.1 Å². The summed E-state index contributed by atoms with van der Waals surface area (Å²) in [7, 11) is 1.59. The number of para-hydroxylation sites is 2. The summed E-state index contributed by atoms with van der Waals surface area (Å²) in [6.45, 7) is 3.42. The van der Waals surface area contributed by atoms with Gasteiger partial charge in [-0.1, -0.05) is 30.3 Å². The molecule has 3 aromatic rings. The van der Waals surface area contributed by atoms with E-state index in [1.54, 1.807) is 13.2 Å². The van der Waals surface area contributed by atoms with Crippen LogP contribution in [0.5, 0.6) is 5.75 Å². The van der Waals surface area contributed by atoms with Crippen molar-refractivity contribution in [1.82, 2.24) is 9.80 Å². The maximum Gasteiger partial charge on any atom is 0.289 e. The molecule has 0 unspecified atom stereocenters. The van der Waals surface area contributed by atoms with Crippen LogP contribution in [0.2, 0.25) is 0 Å². The number of anilines is 1. The molecule has 0 atom stereocenters. The quantitative estimate of drug-likeness (QED) is 0.480. The first kappa shape index (κ1) is 25.5. The van der Waals surface area contributed by atoms with Crippen LogP contribution >= 0.6 is 0 Å². The Morgan fingerprint density at radius 2 is 1.64 bits per heavy atom. The summed E-state index contributed by atoms with van der Waals surface area (Å²) in [5, 5.41) is 0.846. The highest BCUT2D eigenvalue weighted by atomic mass is 16.5. The largest absolute Gasteiger partial charge is 0.493 e. The molecule has 3 aliphatic rings. The van der Waals surface area contributed by atoms with Gasteiger partial charge in [-0.25, -0.2) is 0 Å². The van der Waals surface area contributed by atoms with E-state index in [4.69, 9.17) is 9.15 Å². The van der Waals surface area contributed by atoms with Gasteiger partial charge in [0.15, 0.2) is 17.1 Å². The van der Waals surface area contributed by atoms with Crippen LogP contribution in [0, 0.1) is 5.41 Å². The lowest BCUT2D eigenvalue weighted by atomic mass is 9.77. The number of ether oxygens (including phenoxy) is 1. The average Bonchev–Trinajstić information content (AvgIpc) is 3.60. The van der Waals surface area contributed by atoms with Gasteiger partial charge in [0.2, 0.25) is 11.8 Å². The number of likely N-dealkylation sites (tertiary alicyclic amines) is 2. The minimum absolute atomic E-state index is 0.0273. The Hall–Kier alpha value is -3.81. The summed E-state index contributed by atoms with van der Waals surface area (Å²) in [6.07, 6.45) is 5.08. The lowest BCUT2D eigenvalue weighted by molar-refractivity contribution is -0.132. The number of amides is 3. The second-order valence-electron chi connectivity index (χ2n) is 11.1. The topological polar surface area (TPSA) is 83.3 Å². The van der Waals surface area contributed by atoms with Gasteiger partial charge in [-0.3, -0.25) is 14.4 Å². The molecule has 0 aliphatic carbocycles. The summed E-state index contributed by atoms with van der Waals surface area (Å²) < 4.78 is 11.2. The van der Waals surface area contributed by atoms with Gasteiger partial charge in [-0.15, -0.1) is 0 Å². The van der Waals surface area contributed by atoms with Crippen molar-refractivity contribution in [1.29, 1.82) is 0 Å². The molecule has 8 heteroatoms. The fraction of sp³-hybridized carbons (Fsp3) is 0.452. The summed E-state index contributed by atoms with van der Waals surface area (Å²) in [4.78, 5) is 44.9. The molecule has 6 rings (SSSR count). The predicted octanol–water partition coefficient (Wildman–Crippen LogP) is 4.66. The van der Waals surface area contributed by atoms with Crippen LogP contribution < -0.4 is 9.64 Å². The molecule has 0 radical (unpaired) electrons. The average molecular weight is 530 g/mol. The molecule has 0 N–H and O–H groups in total. The van der Waals surface area contributed by atoms with Crippen molar-refractivity contribution < 1.29 is 23.5 Å². The Morgan fingerprint density at radius 3 is 2.44 bits per heavy atom. The van der Waals surface area contributed by atoms with E-state index in [0.717, 1.165) is 49.7 Å². The predicted molar refractivity (Wildman–Crippen MR) is 148 cm³/mol. The summed E-state index contributed by atoms with van der Waals surface area (Å²) >= 11 is 0. The van der Waals surface area contributed by atoms with Crippen LogP contribution in [0.4, 0.5) is 5.69 Å². The number of rotatable bonds is 5. The minimum atomic E-state index is -0.105. The first-order valence-electron chi connectivity index (χ1n) is 14.0. The molecule has 2 fully saturated rings. The molecule has 4 heterocycles. The Morgan fingerprint density at radius 1 is 0.897 bits per heavy atom. The zero-order valence-corrected chi connectivity index (χ0v) is 22.5. The Labute approximate surface area is 228 Å². The molecule has 204 valence electrons. The molecule has 39 heavy (non-hydrogen) atoms. The molecular formula is C31H35N3O5. The highest BCUT2D eigenvalue weighted by molar-refractivity contribution is 5.98. The number of carbonyl (C=O) groups is 3. The van der Waals surface area contributed by atoms with Crippen LogP contribution in [-0.4, -0.2) is 67.4 Å². The summed E-state index contributed by atoms with van der Waals surface area (Å²) in [6, 6.07) is 15.4. The highest BCUT2D eigenvalue weighted by Crippen LogP contribution is 2.41. The number of nitrogens with zero attached hydrogens (tertiary/aromatic N) is 3. The molecule has 8 nitrogen and oxygen atoms in total. The fourth-order valence-electron chi connectivity index (χ4n) is 6.50. The lowest BCUT2D eigenvalue weighted by Gasteiger charge is -2.39. The number of piperidine rings is 1. The molecular weight excluding hydrogens is 494 g/mol. The SMILES string of the molecule is COc1cccc2cc(C(=O)N3CCC4(CCN(C(=O)CCC(=O)N5CCCc6ccccc65)C4)CC3)oc12. The van der Waals surface area contributed by atoms with Gasteiger partial charge in [0, 0.05) is 56.6 Å². The van der Waals surface area contributed by atoms with Crippen molar-refractivity contribution in [3.8, 4) is 5.75 Å².